The lowest BCUT2D eigenvalue weighted by atomic mass is 10.0. The molecule has 0 aromatic heterocycles. The average molecular weight is 392 g/mol. The van der Waals surface area contributed by atoms with Crippen LogP contribution in [0.4, 0.5) is 0 Å². The zero-order valence-electron chi connectivity index (χ0n) is 17.6. The van der Waals surface area contributed by atoms with Gasteiger partial charge in [-0.15, -0.1) is 0 Å². The Hall–Kier alpha value is -1.56. The Morgan fingerprint density at radius 1 is 1.30 bits per heavy atom. The monoisotopic (exact) mass is 391 g/mol. The van der Waals surface area contributed by atoms with Gasteiger partial charge in [-0.1, -0.05) is 43.7 Å². The predicted octanol–water partition coefficient (Wildman–Crippen LogP) is 4.70. The van der Waals surface area contributed by atoms with E-state index in [4.69, 9.17) is 5.14 Å². The molecule has 27 heavy (non-hydrogen) atoms. The lowest BCUT2D eigenvalue weighted by molar-refractivity contribution is -0.109. The molecule has 0 saturated carbocycles. The highest BCUT2D eigenvalue weighted by atomic mass is 32.2. The van der Waals surface area contributed by atoms with Gasteiger partial charge in [-0.2, -0.15) is 0 Å². The van der Waals surface area contributed by atoms with E-state index in [1.54, 1.807) is 0 Å². The highest BCUT2D eigenvalue weighted by Crippen LogP contribution is 2.22. The summed E-state index contributed by atoms with van der Waals surface area (Å²) >= 11 is 1.32. The van der Waals surface area contributed by atoms with Crippen molar-refractivity contribution in [2.75, 3.05) is 20.1 Å². The predicted molar refractivity (Wildman–Crippen MR) is 120 cm³/mol. The molecule has 0 fully saturated rings. The molecule has 1 aromatic carbocycles. The molecule has 0 saturated heterocycles. The number of allylic oxidation sites excluding steroid dienone is 4. The highest BCUT2D eigenvalue weighted by molar-refractivity contribution is 7.97. The van der Waals surface area contributed by atoms with Crippen LogP contribution in [0.5, 0.6) is 0 Å². The number of rotatable bonds is 7. The van der Waals surface area contributed by atoms with Gasteiger partial charge in [-0.05, 0) is 75.4 Å². The van der Waals surface area contributed by atoms with E-state index in [0.717, 1.165) is 37.2 Å². The van der Waals surface area contributed by atoms with E-state index < -0.39 is 0 Å². The van der Waals surface area contributed by atoms with Crippen LogP contribution >= 0.6 is 11.9 Å². The van der Waals surface area contributed by atoms with E-state index in [0.29, 0.717) is 0 Å². The molecule has 1 amide bonds. The molecule has 1 aliphatic rings. The summed E-state index contributed by atoms with van der Waals surface area (Å²) in [5.74, 6) is 0. The number of carbonyl (C=O) groups excluding carboxylic acids is 1. The van der Waals surface area contributed by atoms with E-state index in [9.17, 15) is 4.79 Å². The fourth-order valence-corrected chi connectivity index (χ4v) is 3.10. The second-order valence-electron chi connectivity index (χ2n) is 6.08. The summed E-state index contributed by atoms with van der Waals surface area (Å²) in [4.78, 5) is 13.4. The molecule has 1 aromatic rings. The van der Waals surface area contributed by atoms with Gasteiger partial charge >= 0.3 is 0 Å². The van der Waals surface area contributed by atoms with Crippen LogP contribution in [0.3, 0.4) is 0 Å². The molecular weight excluding hydrogens is 354 g/mol. The fourth-order valence-electron chi connectivity index (χ4n) is 2.74. The maximum Gasteiger partial charge on any atom is 0.207 e. The lowest BCUT2D eigenvalue weighted by Gasteiger charge is -2.25. The Kier molecular flexibility index (Phi) is 15.6. The van der Waals surface area contributed by atoms with Crippen molar-refractivity contribution in [1.29, 1.82) is 0 Å². The molecule has 4 nitrogen and oxygen atoms in total. The van der Waals surface area contributed by atoms with Crippen molar-refractivity contribution in [2.45, 2.75) is 58.4 Å². The van der Waals surface area contributed by atoms with Crippen molar-refractivity contribution in [2.24, 2.45) is 5.14 Å². The summed E-state index contributed by atoms with van der Waals surface area (Å²) in [6.07, 6.45) is 10.2. The van der Waals surface area contributed by atoms with Crippen LogP contribution < -0.4 is 10.5 Å². The summed E-state index contributed by atoms with van der Waals surface area (Å²) in [7, 11) is 2.16. The average Bonchev–Trinajstić information content (AvgIpc) is 2.71. The third kappa shape index (κ3) is 11.0. The van der Waals surface area contributed by atoms with Crippen molar-refractivity contribution in [3.05, 3.63) is 53.1 Å². The number of likely N-dealkylation sites (N-methyl/N-ethyl adjacent to an activating group) is 1. The van der Waals surface area contributed by atoms with Gasteiger partial charge in [0.25, 0.3) is 0 Å². The normalized spacial score (nSPS) is 13.8. The van der Waals surface area contributed by atoms with Crippen molar-refractivity contribution < 1.29 is 4.79 Å². The van der Waals surface area contributed by atoms with Gasteiger partial charge < -0.3 is 10.2 Å². The van der Waals surface area contributed by atoms with Crippen LogP contribution in [0, 0.1) is 0 Å². The number of nitrogens with zero attached hydrogens (tertiary/aromatic N) is 1. The molecule has 0 radical (unpaired) electrons. The van der Waals surface area contributed by atoms with Crippen LogP contribution in [-0.2, 0) is 17.8 Å². The molecule has 5 heteroatoms. The van der Waals surface area contributed by atoms with E-state index >= 15 is 0 Å². The third-order valence-electron chi connectivity index (χ3n) is 4.14. The van der Waals surface area contributed by atoms with Crippen molar-refractivity contribution >= 4 is 18.4 Å². The Labute approximate surface area is 170 Å². The number of nitrogens with one attached hydrogen (secondary N) is 1. The molecule has 1 heterocycles. The zero-order chi connectivity index (χ0) is 20.5. The minimum absolute atomic E-state index is 0.741. The molecular formula is C22H37N3OS. The van der Waals surface area contributed by atoms with E-state index in [-0.39, 0.29) is 0 Å². The van der Waals surface area contributed by atoms with Gasteiger partial charge in [0, 0.05) is 24.5 Å². The van der Waals surface area contributed by atoms with Crippen LogP contribution in [0.2, 0.25) is 0 Å². The first-order valence-electron chi connectivity index (χ1n) is 9.76. The first kappa shape index (κ1) is 25.4. The Balaban J connectivity index is 0.000000461. The number of hydrogen-bond acceptors (Lipinski definition) is 4. The molecule has 0 bridgehead atoms. The molecule has 3 N–H and O–H groups in total. The molecule has 2 rings (SSSR count). The summed E-state index contributed by atoms with van der Waals surface area (Å²) < 4.78 is 0. The SMILES string of the molecule is C/C=C\C(=C/C)CCCNC=O.CC.CN1CCc2ccc(SN)cc2C1. The molecule has 0 atom stereocenters. The van der Waals surface area contributed by atoms with Gasteiger partial charge in [0.15, 0.2) is 0 Å². The lowest BCUT2D eigenvalue weighted by Crippen LogP contribution is -2.26. The Morgan fingerprint density at radius 2 is 2.04 bits per heavy atom. The molecule has 1 aliphatic heterocycles. The standard InChI is InChI=1S/C10H14N2S.C10H17NO.C2H6/c1-12-5-4-8-2-3-10(13-11)6-9(8)7-12;1-3-6-10(4-2)7-5-8-11-9-12;1-2/h2-3,6H,4-5,7,11H2,1H3;3-4,6,9H,5,7-8H2,1-2H3,(H,11,12);1-2H3/b;6-3-,10-4+;. The first-order chi connectivity index (χ1) is 13.1. The third-order valence-corrected chi connectivity index (χ3v) is 4.66. The van der Waals surface area contributed by atoms with Crippen molar-refractivity contribution in [1.82, 2.24) is 10.2 Å². The number of carbonyl (C=O) groups is 1. The maximum atomic E-state index is 9.91. The van der Waals surface area contributed by atoms with Gasteiger partial charge in [0.2, 0.25) is 6.41 Å². The second kappa shape index (κ2) is 16.6. The van der Waals surface area contributed by atoms with Gasteiger partial charge in [-0.3, -0.25) is 9.93 Å². The van der Waals surface area contributed by atoms with Gasteiger partial charge in [-0.25, -0.2) is 0 Å². The van der Waals surface area contributed by atoms with Crippen molar-refractivity contribution in [3.63, 3.8) is 0 Å². The summed E-state index contributed by atoms with van der Waals surface area (Å²) in [6, 6.07) is 6.52. The molecule has 0 unspecified atom stereocenters. The molecule has 152 valence electrons. The Bertz CT molecular complexity index is 585. The smallest absolute Gasteiger partial charge is 0.207 e. The summed E-state index contributed by atoms with van der Waals surface area (Å²) in [5, 5.41) is 8.16. The van der Waals surface area contributed by atoms with Crippen LogP contribution in [0.15, 0.2) is 46.9 Å². The number of nitrogens with two attached hydrogens (primary N) is 1. The largest absolute Gasteiger partial charge is 0.359 e. The van der Waals surface area contributed by atoms with Gasteiger partial charge in [0.1, 0.15) is 0 Å². The number of hydrogen-bond donors (Lipinski definition) is 2. The molecule has 0 aliphatic carbocycles. The van der Waals surface area contributed by atoms with E-state index in [1.807, 2.05) is 33.8 Å². The summed E-state index contributed by atoms with van der Waals surface area (Å²) in [5.41, 5.74) is 4.24. The minimum atomic E-state index is 0.741. The minimum Gasteiger partial charge on any atom is -0.359 e. The fraction of sp³-hybridized carbons (Fsp3) is 0.500. The highest BCUT2D eigenvalue weighted by Gasteiger charge is 2.12. The number of benzene rings is 1. The van der Waals surface area contributed by atoms with Gasteiger partial charge in [0.05, 0.1) is 0 Å². The zero-order valence-corrected chi connectivity index (χ0v) is 18.4. The topological polar surface area (TPSA) is 58.4 Å². The Morgan fingerprint density at radius 3 is 2.63 bits per heavy atom. The van der Waals surface area contributed by atoms with E-state index in [2.05, 4.69) is 47.6 Å². The quantitative estimate of drug-likeness (QED) is 0.306. The van der Waals surface area contributed by atoms with Crippen molar-refractivity contribution in [3.8, 4) is 0 Å². The summed E-state index contributed by atoms with van der Waals surface area (Å²) in [6.45, 7) is 11.0. The van der Waals surface area contributed by atoms with E-state index in [1.165, 1.54) is 41.6 Å². The maximum absolute atomic E-state index is 9.91. The second-order valence-corrected chi connectivity index (χ2v) is 6.78. The van der Waals surface area contributed by atoms with Crippen LogP contribution in [0.25, 0.3) is 0 Å². The first-order valence-corrected chi connectivity index (χ1v) is 10.6. The van der Waals surface area contributed by atoms with Crippen LogP contribution in [0.1, 0.15) is 51.7 Å². The number of amides is 1. The number of fused-ring (bicyclic) bond motifs is 1. The molecule has 0 spiro atoms. The van der Waals surface area contributed by atoms with Crippen LogP contribution in [-0.4, -0.2) is 31.4 Å².